The summed E-state index contributed by atoms with van der Waals surface area (Å²) in [7, 11) is 0. The summed E-state index contributed by atoms with van der Waals surface area (Å²) in [5.41, 5.74) is 7.36. The number of piperidine rings is 1. The number of aromatic amines is 2. The van der Waals surface area contributed by atoms with Crippen LogP contribution < -0.4 is 11.2 Å². The van der Waals surface area contributed by atoms with Crippen LogP contribution in [-0.2, 0) is 13.0 Å². The van der Waals surface area contributed by atoms with Gasteiger partial charge in [0.1, 0.15) is 11.4 Å². The molecule has 0 saturated carbocycles. The van der Waals surface area contributed by atoms with E-state index in [4.69, 9.17) is 4.98 Å². The van der Waals surface area contributed by atoms with Crippen molar-refractivity contribution in [3.8, 4) is 28.3 Å². The minimum absolute atomic E-state index is 0.0304. The monoisotopic (exact) mass is 583 g/mol. The maximum Gasteiger partial charge on any atom is 0.326 e. The van der Waals surface area contributed by atoms with Gasteiger partial charge in [-0.3, -0.25) is 14.3 Å². The lowest BCUT2D eigenvalue weighted by molar-refractivity contribution is 0.180. The highest BCUT2D eigenvalue weighted by Crippen LogP contribution is 2.30. The van der Waals surface area contributed by atoms with Crippen molar-refractivity contribution in [1.29, 1.82) is 0 Å². The molecular weight excluding hydrogens is 550 g/mol. The Kier molecular flexibility index (Phi) is 7.42. The second kappa shape index (κ2) is 11.8. The van der Waals surface area contributed by atoms with Crippen LogP contribution in [0.2, 0.25) is 0 Å². The Bertz CT molecular complexity index is 2020. The van der Waals surface area contributed by atoms with Crippen molar-refractivity contribution >= 4 is 11.0 Å². The molecule has 1 fully saturated rings. The quantitative estimate of drug-likeness (QED) is 0.218. The van der Waals surface area contributed by atoms with Gasteiger partial charge in [-0.1, -0.05) is 78.9 Å². The molecule has 0 aliphatic carbocycles. The maximum atomic E-state index is 13.1. The van der Waals surface area contributed by atoms with E-state index in [0.717, 1.165) is 65.9 Å². The molecule has 0 amide bonds. The molecule has 0 bridgehead atoms. The first-order valence-corrected chi connectivity index (χ1v) is 15.0. The number of phenols is 1. The lowest BCUT2D eigenvalue weighted by atomic mass is 10.0. The topological polar surface area (TPSA) is 107 Å². The highest BCUT2D eigenvalue weighted by Gasteiger charge is 2.24. The number of benzene rings is 4. The average molecular weight is 584 g/mol. The van der Waals surface area contributed by atoms with Crippen molar-refractivity contribution in [3.63, 3.8) is 0 Å². The lowest BCUT2D eigenvalue weighted by Crippen LogP contribution is -2.36. The molecule has 1 aliphatic heterocycles. The van der Waals surface area contributed by atoms with Crippen molar-refractivity contribution in [2.75, 3.05) is 13.1 Å². The van der Waals surface area contributed by atoms with Crippen LogP contribution in [0.25, 0.3) is 33.5 Å². The van der Waals surface area contributed by atoms with E-state index in [-0.39, 0.29) is 23.0 Å². The zero-order chi connectivity index (χ0) is 30.0. The Labute approximate surface area is 254 Å². The van der Waals surface area contributed by atoms with E-state index < -0.39 is 0 Å². The molecule has 3 N–H and O–H groups in total. The van der Waals surface area contributed by atoms with Gasteiger partial charge in [0.2, 0.25) is 0 Å². The molecule has 0 atom stereocenters. The summed E-state index contributed by atoms with van der Waals surface area (Å²) in [5, 5.41) is 9.65. The first-order valence-electron chi connectivity index (χ1n) is 15.0. The van der Waals surface area contributed by atoms with Gasteiger partial charge < -0.3 is 15.1 Å². The van der Waals surface area contributed by atoms with Gasteiger partial charge in [-0.15, -0.1) is 0 Å². The number of nitrogens with zero attached hydrogens (tertiary/aromatic N) is 3. The van der Waals surface area contributed by atoms with Crippen LogP contribution in [0.3, 0.4) is 0 Å². The summed E-state index contributed by atoms with van der Waals surface area (Å²) in [4.78, 5) is 39.2. The molecule has 44 heavy (non-hydrogen) atoms. The van der Waals surface area contributed by atoms with Crippen molar-refractivity contribution in [1.82, 2.24) is 24.4 Å². The summed E-state index contributed by atoms with van der Waals surface area (Å²) in [6, 6.07) is 33.1. The number of nitrogens with one attached hydrogen (secondary N) is 2. The molecule has 220 valence electrons. The van der Waals surface area contributed by atoms with Crippen LogP contribution in [-0.4, -0.2) is 42.6 Å². The number of aromatic hydroxyl groups is 1. The molecule has 1 saturated heterocycles. The molecule has 4 aromatic carbocycles. The molecule has 0 spiro atoms. The van der Waals surface area contributed by atoms with Crippen LogP contribution in [0.5, 0.6) is 5.75 Å². The second-order valence-corrected chi connectivity index (χ2v) is 11.5. The number of phenolic OH excluding ortho intramolecular Hbond substituents is 1. The van der Waals surface area contributed by atoms with Crippen LogP contribution >= 0.6 is 0 Å². The standard InChI is InChI=1S/C36H33N5O3/c42-29-16-12-24(13-17-29)22-31-35(43)39-34(26-6-2-1-3-7-26)33(37-31)27-14-10-25(11-15-27)23-40-20-18-28(19-21-40)41-32-9-5-4-8-30(32)38-36(41)44/h1-17,28,42H,18-23H2,(H,38,44)(H,39,43). The van der Waals surface area contributed by atoms with Gasteiger partial charge in [0.15, 0.2) is 0 Å². The summed E-state index contributed by atoms with van der Waals surface area (Å²) in [6.45, 7) is 2.66. The molecule has 3 heterocycles. The Balaban J connectivity index is 1.10. The Morgan fingerprint density at radius 2 is 1.43 bits per heavy atom. The predicted molar refractivity (Wildman–Crippen MR) is 173 cm³/mol. The lowest BCUT2D eigenvalue weighted by Gasteiger charge is -2.32. The van der Waals surface area contributed by atoms with Crippen LogP contribution in [0.15, 0.2) is 113 Å². The molecule has 0 unspecified atom stereocenters. The van der Waals surface area contributed by atoms with Gasteiger partial charge in [-0.25, -0.2) is 9.78 Å². The van der Waals surface area contributed by atoms with E-state index in [0.29, 0.717) is 17.8 Å². The van der Waals surface area contributed by atoms with E-state index in [9.17, 15) is 14.7 Å². The Hall–Kier alpha value is -5.21. The van der Waals surface area contributed by atoms with Crippen molar-refractivity contribution in [2.24, 2.45) is 0 Å². The number of aromatic nitrogens is 4. The fourth-order valence-electron chi connectivity index (χ4n) is 6.23. The number of H-pyrrole nitrogens is 2. The van der Waals surface area contributed by atoms with Gasteiger partial charge in [0.25, 0.3) is 5.56 Å². The number of likely N-dealkylation sites (tertiary alicyclic amines) is 1. The molecule has 8 heteroatoms. The van der Waals surface area contributed by atoms with E-state index in [1.165, 1.54) is 5.56 Å². The predicted octanol–water partition coefficient (Wildman–Crippen LogP) is 5.88. The van der Waals surface area contributed by atoms with Gasteiger partial charge in [0.05, 0.1) is 22.4 Å². The average Bonchev–Trinajstić information content (AvgIpc) is 3.39. The highest BCUT2D eigenvalue weighted by atomic mass is 16.3. The van der Waals surface area contributed by atoms with E-state index >= 15 is 0 Å². The first kappa shape index (κ1) is 27.6. The number of rotatable bonds is 7. The third-order valence-corrected chi connectivity index (χ3v) is 8.53. The maximum absolute atomic E-state index is 13.1. The zero-order valence-corrected chi connectivity index (χ0v) is 24.2. The third kappa shape index (κ3) is 5.59. The largest absolute Gasteiger partial charge is 0.508 e. The third-order valence-electron chi connectivity index (χ3n) is 8.53. The zero-order valence-electron chi connectivity index (χ0n) is 24.2. The number of hydrogen-bond donors (Lipinski definition) is 3. The smallest absolute Gasteiger partial charge is 0.326 e. The van der Waals surface area contributed by atoms with E-state index in [1.54, 1.807) is 24.3 Å². The normalized spacial score (nSPS) is 14.3. The summed E-state index contributed by atoms with van der Waals surface area (Å²) in [5.74, 6) is 0.185. The van der Waals surface area contributed by atoms with Crippen molar-refractivity contribution < 1.29 is 5.11 Å². The molecule has 8 nitrogen and oxygen atoms in total. The SMILES string of the molecule is O=c1[nH]c(-c2ccccc2)c(-c2ccc(CN3CCC(n4c(=O)[nH]c5ccccc54)CC3)cc2)nc1Cc1ccc(O)cc1. The highest BCUT2D eigenvalue weighted by molar-refractivity contribution is 5.78. The molecule has 6 aromatic rings. The molecule has 2 aromatic heterocycles. The number of hydrogen-bond acceptors (Lipinski definition) is 5. The Morgan fingerprint density at radius 3 is 2.18 bits per heavy atom. The van der Waals surface area contributed by atoms with E-state index in [1.807, 2.05) is 59.2 Å². The van der Waals surface area contributed by atoms with Gasteiger partial charge in [0, 0.05) is 43.2 Å². The summed E-state index contributed by atoms with van der Waals surface area (Å²) in [6.07, 6.45) is 2.20. The molecule has 0 radical (unpaired) electrons. The molecule has 1 aliphatic rings. The summed E-state index contributed by atoms with van der Waals surface area (Å²) < 4.78 is 1.93. The second-order valence-electron chi connectivity index (χ2n) is 11.5. The first-order chi connectivity index (χ1) is 21.5. The minimum atomic E-state index is -0.226. The van der Waals surface area contributed by atoms with Crippen molar-refractivity contribution in [3.05, 3.63) is 141 Å². The number of para-hydroxylation sites is 2. The van der Waals surface area contributed by atoms with E-state index in [2.05, 4.69) is 39.1 Å². The number of fused-ring (bicyclic) bond motifs is 1. The van der Waals surface area contributed by atoms with Crippen LogP contribution in [0.1, 0.15) is 35.7 Å². The fourth-order valence-corrected chi connectivity index (χ4v) is 6.23. The molecular formula is C36H33N5O3. The van der Waals surface area contributed by atoms with Crippen LogP contribution in [0.4, 0.5) is 0 Å². The number of imidazole rings is 1. The van der Waals surface area contributed by atoms with Crippen LogP contribution in [0, 0.1) is 0 Å². The summed E-state index contributed by atoms with van der Waals surface area (Å²) >= 11 is 0. The van der Waals surface area contributed by atoms with Gasteiger partial charge in [-0.2, -0.15) is 0 Å². The minimum Gasteiger partial charge on any atom is -0.508 e. The Morgan fingerprint density at radius 1 is 0.750 bits per heavy atom. The van der Waals surface area contributed by atoms with Gasteiger partial charge in [-0.05, 0) is 48.2 Å². The fraction of sp³-hybridized carbons (Fsp3) is 0.194. The van der Waals surface area contributed by atoms with Gasteiger partial charge >= 0.3 is 5.69 Å². The van der Waals surface area contributed by atoms with Crippen molar-refractivity contribution in [2.45, 2.75) is 31.8 Å². The molecule has 7 rings (SSSR count).